The van der Waals surface area contributed by atoms with E-state index in [-0.39, 0.29) is 5.75 Å². The standard InChI is InChI=1S/C12H26N2O2S/c1-11(2)13-8-5-9-17(15,16)14(3)10-12-6-4-7-12/h11-13H,4-10H2,1-3H3. The molecule has 0 spiro atoms. The van der Waals surface area contributed by atoms with Gasteiger partial charge in [0, 0.05) is 19.6 Å². The zero-order chi connectivity index (χ0) is 12.9. The van der Waals surface area contributed by atoms with Crippen molar-refractivity contribution >= 4 is 10.0 Å². The molecular weight excluding hydrogens is 236 g/mol. The summed E-state index contributed by atoms with van der Waals surface area (Å²) in [4.78, 5) is 0. The summed E-state index contributed by atoms with van der Waals surface area (Å²) in [5, 5.41) is 3.24. The largest absolute Gasteiger partial charge is 0.314 e. The smallest absolute Gasteiger partial charge is 0.213 e. The zero-order valence-electron chi connectivity index (χ0n) is 11.3. The first-order chi connectivity index (χ1) is 7.92. The SMILES string of the molecule is CC(C)NCCCS(=O)(=O)N(C)CC1CCC1. The Hall–Kier alpha value is -0.130. The average Bonchev–Trinajstić information content (AvgIpc) is 2.17. The van der Waals surface area contributed by atoms with E-state index in [0.717, 1.165) is 6.54 Å². The quantitative estimate of drug-likeness (QED) is 0.673. The Morgan fingerprint density at radius 1 is 1.35 bits per heavy atom. The van der Waals surface area contributed by atoms with Gasteiger partial charge in [0.1, 0.15) is 0 Å². The molecule has 0 unspecified atom stereocenters. The maximum absolute atomic E-state index is 11.9. The summed E-state index contributed by atoms with van der Waals surface area (Å²) in [7, 11) is -1.32. The fourth-order valence-electron chi connectivity index (χ4n) is 1.95. The minimum absolute atomic E-state index is 0.260. The number of rotatable bonds is 8. The molecule has 5 heteroatoms. The maximum atomic E-state index is 11.9. The van der Waals surface area contributed by atoms with Crippen LogP contribution in [0.3, 0.4) is 0 Å². The van der Waals surface area contributed by atoms with E-state index in [4.69, 9.17) is 0 Å². The van der Waals surface area contributed by atoms with E-state index in [1.807, 2.05) is 0 Å². The van der Waals surface area contributed by atoms with Gasteiger partial charge in [-0.05, 0) is 31.7 Å². The lowest BCUT2D eigenvalue weighted by atomic mass is 9.86. The Morgan fingerprint density at radius 2 is 2.00 bits per heavy atom. The molecule has 1 aliphatic carbocycles. The first-order valence-corrected chi connectivity index (χ1v) is 8.20. The van der Waals surface area contributed by atoms with Crippen molar-refractivity contribution in [1.82, 2.24) is 9.62 Å². The molecule has 0 atom stereocenters. The Morgan fingerprint density at radius 3 is 2.47 bits per heavy atom. The van der Waals surface area contributed by atoms with E-state index >= 15 is 0 Å². The van der Waals surface area contributed by atoms with Gasteiger partial charge in [-0.2, -0.15) is 0 Å². The van der Waals surface area contributed by atoms with Crippen molar-refractivity contribution in [2.24, 2.45) is 5.92 Å². The third-order valence-electron chi connectivity index (χ3n) is 3.35. The number of nitrogens with zero attached hydrogens (tertiary/aromatic N) is 1. The molecule has 0 bridgehead atoms. The Bertz CT molecular complexity index is 310. The summed E-state index contributed by atoms with van der Waals surface area (Å²) in [6, 6.07) is 0.422. The topological polar surface area (TPSA) is 49.4 Å². The monoisotopic (exact) mass is 262 g/mol. The molecule has 0 radical (unpaired) electrons. The van der Waals surface area contributed by atoms with Crippen LogP contribution < -0.4 is 5.32 Å². The summed E-state index contributed by atoms with van der Waals surface area (Å²) < 4.78 is 25.4. The molecule has 0 aromatic rings. The summed E-state index contributed by atoms with van der Waals surface area (Å²) in [6.07, 6.45) is 4.33. The van der Waals surface area contributed by atoms with E-state index in [2.05, 4.69) is 19.2 Å². The highest BCUT2D eigenvalue weighted by Gasteiger charge is 2.24. The van der Waals surface area contributed by atoms with E-state index in [0.29, 0.717) is 24.9 Å². The van der Waals surface area contributed by atoms with Crippen LogP contribution in [0.5, 0.6) is 0 Å². The predicted octanol–water partition coefficient (Wildman–Crippen LogP) is 1.44. The molecule has 17 heavy (non-hydrogen) atoms. The Balaban J connectivity index is 2.23. The molecule has 0 amide bonds. The van der Waals surface area contributed by atoms with Crippen LogP contribution in [-0.4, -0.2) is 44.7 Å². The van der Waals surface area contributed by atoms with Crippen molar-refractivity contribution in [3.05, 3.63) is 0 Å². The molecule has 4 nitrogen and oxygen atoms in total. The van der Waals surface area contributed by atoms with Gasteiger partial charge < -0.3 is 5.32 Å². The average molecular weight is 262 g/mol. The summed E-state index contributed by atoms with van der Waals surface area (Å²) >= 11 is 0. The Labute approximate surface area is 106 Å². The van der Waals surface area contributed by atoms with Crippen LogP contribution in [0.4, 0.5) is 0 Å². The second-order valence-electron chi connectivity index (χ2n) is 5.36. The molecule has 0 aromatic carbocycles. The first-order valence-electron chi connectivity index (χ1n) is 6.59. The first kappa shape index (κ1) is 14.9. The van der Waals surface area contributed by atoms with E-state index < -0.39 is 10.0 Å². The lowest BCUT2D eigenvalue weighted by Crippen LogP contribution is -2.36. The fraction of sp³-hybridized carbons (Fsp3) is 1.00. The van der Waals surface area contributed by atoms with Crippen molar-refractivity contribution in [2.45, 2.75) is 45.6 Å². The molecule has 1 N–H and O–H groups in total. The van der Waals surface area contributed by atoms with Crippen LogP contribution in [0.2, 0.25) is 0 Å². The normalized spacial score (nSPS) is 17.7. The highest BCUT2D eigenvalue weighted by molar-refractivity contribution is 7.89. The second-order valence-corrected chi connectivity index (χ2v) is 7.55. The summed E-state index contributed by atoms with van der Waals surface area (Å²) in [5.74, 6) is 0.860. The number of hydrogen-bond donors (Lipinski definition) is 1. The molecular formula is C12H26N2O2S. The zero-order valence-corrected chi connectivity index (χ0v) is 12.1. The van der Waals surface area contributed by atoms with Gasteiger partial charge in [0.2, 0.25) is 10.0 Å². The third-order valence-corrected chi connectivity index (χ3v) is 5.25. The van der Waals surface area contributed by atoms with Crippen molar-refractivity contribution in [3.8, 4) is 0 Å². The molecule has 0 heterocycles. The van der Waals surface area contributed by atoms with Gasteiger partial charge in [0.05, 0.1) is 5.75 Å². The summed E-state index contributed by atoms with van der Waals surface area (Å²) in [5.41, 5.74) is 0. The lowest BCUT2D eigenvalue weighted by Gasteiger charge is -2.29. The van der Waals surface area contributed by atoms with Crippen molar-refractivity contribution in [1.29, 1.82) is 0 Å². The van der Waals surface area contributed by atoms with Crippen LogP contribution in [0.15, 0.2) is 0 Å². The van der Waals surface area contributed by atoms with Gasteiger partial charge in [-0.1, -0.05) is 20.3 Å². The minimum Gasteiger partial charge on any atom is -0.314 e. The van der Waals surface area contributed by atoms with Crippen molar-refractivity contribution < 1.29 is 8.42 Å². The number of sulfonamides is 1. The molecule has 0 aliphatic heterocycles. The van der Waals surface area contributed by atoms with Crippen LogP contribution in [-0.2, 0) is 10.0 Å². The summed E-state index contributed by atoms with van der Waals surface area (Å²) in [6.45, 7) is 5.61. The fourth-order valence-corrected chi connectivity index (χ4v) is 3.21. The van der Waals surface area contributed by atoms with Gasteiger partial charge in [0.25, 0.3) is 0 Å². The highest BCUT2D eigenvalue weighted by Crippen LogP contribution is 2.27. The lowest BCUT2D eigenvalue weighted by molar-refractivity contribution is 0.263. The van der Waals surface area contributed by atoms with Gasteiger partial charge in [0.15, 0.2) is 0 Å². The Kier molecular flexibility index (Phi) is 5.89. The molecule has 1 rings (SSSR count). The molecule has 0 aromatic heterocycles. The molecule has 1 fully saturated rings. The van der Waals surface area contributed by atoms with Gasteiger partial charge in [-0.25, -0.2) is 12.7 Å². The van der Waals surface area contributed by atoms with E-state index in [1.165, 1.54) is 19.3 Å². The van der Waals surface area contributed by atoms with Crippen LogP contribution in [0, 0.1) is 5.92 Å². The van der Waals surface area contributed by atoms with Crippen LogP contribution in [0.1, 0.15) is 39.5 Å². The molecule has 1 saturated carbocycles. The van der Waals surface area contributed by atoms with E-state index in [1.54, 1.807) is 11.4 Å². The number of nitrogens with one attached hydrogen (secondary N) is 1. The van der Waals surface area contributed by atoms with E-state index in [9.17, 15) is 8.42 Å². The highest BCUT2D eigenvalue weighted by atomic mass is 32.2. The minimum atomic E-state index is -3.04. The van der Waals surface area contributed by atoms with Crippen molar-refractivity contribution in [3.63, 3.8) is 0 Å². The number of hydrogen-bond acceptors (Lipinski definition) is 3. The van der Waals surface area contributed by atoms with Gasteiger partial charge >= 0.3 is 0 Å². The van der Waals surface area contributed by atoms with Crippen LogP contribution in [0.25, 0.3) is 0 Å². The maximum Gasteiger partial charge on any atom is 0.213 e. The molecule has 0 saturated heterocycles. The van der Waals surface area contributed by atoms with Gasteiger partial charge in [-0.3, -0.25) is 0 Å². The van der Waals surface area contributed by atoms with Crippen LogP contribution >= 0.6 is 0 Å². The molecule has 1 aliphatic rings. The third kappa shape index (κ3) is 5.36. The second kappa shape index (κ2) is 6.71. The predicted molar refractivity (Wildman–Crippen MR) is 71.5 cm³/mol. The van der Waals surface area contributed by atoms with Gasteiger partial charge in [-0.15, -0.1) is 0 Å². The van der Waals surface area contributed by atoms with Crippen molar-refractivity contribution in [2.75, 3.05) is 25.9 Å². The molecule has 102 valence electrons.